The molecule has 2 rings (SSSR count). The van der Waals surface area contributed by atoms with Crippen molar-refractivity contribution in [1.82, 2.24) is 5.32 Å². The molecular weight excluding hydrogens is 525 g/mol. The van der Waals surface area contributed by atoms with Crippen LogP contribution in [0.4, 0.5) is 9.18 Å². The summed E-state index contributed by atoms with van der Waals surface area (Å²) in [6, 6.07) is 10.6. The summed E-state index contributed by atoms with van der Waals surface area (Å²) in [6.45, 7) is 6.45. The summed E-state index contributed by atoms with van der Waals surface area (Å²) < 4.78 is 52.6. The minimum Gasteiger partial charge on any atom is -0.466 e. The number of carbonyl (C=O) groups is 2. The van der Waals surface area contributed by atoms with E-state index in [-0.39, 0.29) is 19.4 Å². The van der Waals surface area contributed by atoms with Gasteiger partial charge in [0.25, 0.3) is 10.1 Å². The summed E-state index contributed by atoms with van der Waals surface area (Å²) >= 11 is 6.01. The molecule has 0 aliphatic rings. The number of halogens is 2. The number of amides is 1. The lowest BCUT2D eigenvalue weighted by molar-refractivity contribution is -0.149. The molecule has 0 bridgehead atoms. The number of nitrogens with one attached hydrogen (secondary N) is 1. The lowest BCUT2D eigenvalue weighted by Crippen LogP contribution is -2.42. The maximum Gasteiger partial charge on any atom is 0.407 e. The van der Waals surface area contributed by atoms with Crippen molar-refractivity contribution < 1.29 is 36.1 Å². The number of benzene rings is 2. The highest BCUT2D eigenvalue weighted by Gasteiger charge is 2.28. The number of carbonyl (C=O) groups excluding carboxylic acids is 2. The molecule has 2 atom stereocenters. The summed E-state index contributed by atoms with van der Waals surface area (Å²) in [5.41, 5.74) is 0.991. The van der Waals surface area contributed by atoms with E-state index in [0.29, 0.717) is 16.1 Å². The molecule has 0 spiro atoms. The maximum absolute atomic E-state index is 14.3. The predicted octanol–water partition coefficient (Wildman–Crippen LogP) is 5.13. The second-order valence-electron chi connectivity index (χ2n) is 9.54. The van der Waals surface area contributed by atoms with Crippen LogP contribution in [-0.2, 0) is 35.0 Å². The van der Waals surface area contributed by atoms with Crippen molar-refractivity contribution in [3.63, 3.8) is 0 Å². The van der Waals surface area contributed by atoms with Crippen LogP contribution in [-0.4, -0.2) is 51.6 Å². The van der Waals surface area contributed by atoms with Crippen LogP contribution in [0.3, 0.4) is 0 Å². The molecule has 8 nitrogen and oxygen atoms in total. The smallest absolute Gasteiger partial charge is 0.407 e. The molecular formula is C26H33ClFNO7S. The molecule has 1 amide bonds. The highest BCUT2D eigenvalue weighted by Crippen LogP contribution is 2.27. The first-order chi connectivity index (χ1) is 17.2. The average molecular weight is 558 g/mol. The van der Waals surface area contributed by atoms with Gasteiger partial charge < -0.3 is 14.8 Å². The molecule has 0 aliphatic heterocycles. The number of ether oxygens (including phenoxy) is 2. The summed E-state index contributed by atoms with van der Waals surface area (Å²) in [7, 11) is -3.81. The maximum atomic E-state index is 14.3. The normalized spacial score (nSPS) is 13.5. The minimum absolute atomic E-state index is 0.0261. The van der Waals surface area contributed by atoms with Gasteiger partial charge in [-0.15, -0.1) is 0 Å². The van der Waals surface area contributed by atoms with Gasteiger partial charge in [0.2, 0.25) is 0 Å². The summed E-state index contributed by atoms with van der Waals surface area (Å²) in [5, 5.41) is 3.16. The number of hydrogen-bond donors (Lipinski definition) is 1. The van der Waals surface area contributed by atoms with Gasteiger partial charge in [0.1, 0.15) is 11.4 Å². The first-order valence-electron chi connectivity index (χ1n) is 11.7. The summed E-state index contributed by atoms with van der Waals surface area (Å²) in [6.07, 6.45) is 0.488. The minimum atomic E-state index is -3.81. The zero-order chi connectivity index (χ0) is 27.8. The largest absolute Gasteiger partial charge is 0.466 e. The molecule has 0 saturated heterocycles. The van der Waals surface area contributed by atoms with Crippen LogP contribution in [0.25, 0.3) is 11.1 Å². The number of alkyl carbamates (subject to hydrolysis) is 1. The third-order valence-corrected chi connectivity index (χ3v) is 5.87. The lowest BCUT2D eigenvalue weighted by Gasteiger charge is -2.26. The molecule has 0 radical (unpaired) electrons. The number of rotatable bonds is 11. The average Bonchev–Trinajstić information content (AvgIpc) is 2.77. The van der Waals surface area contributed by atoms with Crippen molar-refractivity contribution in [3.8, 4) is 11.1 Å². The Morgan fingerprint density at radius 1 is 1.11 bits per heavy atom. The second-order valence-corrected chi connectivity index (χ2v) is 11.6. The van der Waals surface area contributed by atoms with Crippen molar-refractivity contribution >= 4 is 33.8 Å². The molecule has 2 aromatic rings. The van der Waals surface area contributed by atoms with E-state index < -0.39 is 52.2 Å². The van der Waals surface area contributed by atoms with Crippen molar-refractivity contribution in [2.45, 2.75) is 52.2 Å². The Labute approximate surface area is 222 Å². The van der Waals surface area contributed by atoms with Gasteiger partial charge in [-0.1, -0.05) is 35.9 Å². The van der Waals surface area contributed by atoms with Gasteiger partial charge in [0.05, 0.1) is 25.4 Å². The Morgan fingerprint density at radius 3 is 2.32 bits per heavy atom. The van der Waals surface area contributed by atoms with Crippen LogP contribution < -0.4 is 5.32 Å². The third kappa shape index (κ3) is 11.1. The Kier molecular flexibility index (Phi) is 10.9. The molecule has 0 unspecified atom stereocenters. The van der Waals surface area contributed by atoms with E-state index in [1.54, 1.807) is 52.0 Å². The van der Waals surface area contributed by atoms with Crippen LogP contribution in [0.1, 0.15) is 39.7 Å². The van der Waals surface area contributed by atoms with E-state index in [0.717, 1.165) is 11.8 Å². The van der Waals surface area contributed by atoms with Crippen LogP contribution in [0.2, 0.25) is 5.02 Å². The molecule has 0 saturated carbocycles. The van der Waals surface area contributed by atoms with Crippen LogP contribution >= 0.6 is 11.6 Å². The van der Waals surface area contributed by atoms with Gasteiger partial charge in [-0.25, -0.2) is 9.18 Å². The molecule has 0 fully saturated rings. The number of hydrogen-bond acceptors (Lipinski definition) is 7. The Hall–Kier alpha value is -2.69. The lowest BCUT2D eigenvalue weighted by atomic mass is 9.94. The zero-order valence-corrected chi connectivity index (χ0v) is 23.1. The van der Waals surface area contributed by atoms with E-state index in [1.165, 1.54) is 18.2 Å². The number of esters is 1. The SMILES string of the molecule is CCOC(=O)[C@H](COS(C)(=O)=O)C[C@@H](Cc1ccc(-c2cc(Cl)ccc2F)cc1)NC(=O)OC(C)(C)C. The molecule has 0 aliphatic carbocycles. The monoisotopic (exact) mass is 557 g/mol. The van der Waals surface area contributed by atoms with Gasteiger partial charge >= 0.3 is 12.1 Å². The standard InChI is InChI=1S/C26H33ClFNO7S/c1-6-34-24(30)19(16-35-37(5,32)33)14-21(29-25(31)36-26(2,3)4)13-17-7-9-18(10-8-17)22-15-20(27)11-12-23(22)28/h7-12,15,19,21H,6,13-14,16H2,1-5H3,(H,29,31)/t19-,21+/m0/s1. The molecule has 2 aromatic carbocycles. The Morgan fingerprint density at radius 2 is 1.76 bits per heavy atom. The highest BCUT2D eigenvalue weighted by atomic mass is 35.5. The molecule has 204 valence electrons. The Balaban J connectivity index is 2.28. The first-order valence-corrected chi connectivity index (χ1v) is 13.9. The van der Waals surface area contributed by atoms with Gasteiger partial charge in [-0.05, 0) is 69.9 Å². The van der Waals surface area contributed by atoms with Gasteiger partial charge in [-0.3, -0.25) is 8.98 Å². The van der Waals surface area contributed by atoms with Crippen molar-refractivity contribution in [2.75, 3.05) is 19.5 Å². The molecule has 11 heteroatoms. The molecule has 1 N–H and O–H groups in total. The van der Waals surface area contributed by atoms with E-state index in [4.69, 9.17) is 25.3 Å². The fraction of sp³-hybridized carbons (Fsp3) is 0.462. The van der Waals surface area contributed by atoms with Crippen LogP contribution in [0.5, 0.6) is 0 Å². The summed E-state index contributed by atoms with van der Waals surface area (Å²) in [4.78, 5) is 25.1. The zero-order valence-electron chi connectivity index (χ0n) is 21.5. The fourth-order valence-electron chi connectivity index (χ4n) is 3.53. The molecule has 0 heterocycles. The van der Waals surface area contributed by atoms with Crippen LogP contribution in [0, 0.1) is 11.7 Å². The van der Waals surface area contributed by atoms with E-state index in [2.05, 4.69) is 5.32 Å². The third-order valence-electron chi connectivity index (χ3n) is 5.07. The van der Waals surface area contributed by atoms with E-state index in [9.17, 15) is 22.4 Å². The molecule has 0 aromatic heterocycles. The van der Waals surface area contributed by atoms with Crippen molar-refractivity contribution in [2.24, 2.45) is 5.92 Å². The van der Waals surface area contributed by atoms with E-state index >= 15 is 0 Å². The Bertz CT molecular complexity index is 1180. The van der Waals surface area contributed by atoms with Crippen molar-refractivity contribution in [3.05, 3.63) is 58.9 Å². The quantitative estimate of drug-likeness (QED) is 0.301. The highest BCUT2D eigenvalue weighted by molar-refractivity contribution is 7.85. The first kappa shape index (κ1) is 30.5. The topological polar surface area (TPSA) is 108 Å². The van der Waals surface area contributed by atoms with Gasteiger partial charge in [0, 0.05) is 16.6 Å². The predicted molar refractivity (Wildman–Crippen MR) is 139 cm³/mol. The fourth-order valence-corrected chi connectivity index (χ4v) is 4.12. The van der Waals surface area contributed by atoms with E-state index in [1.807, 2.05) is 0 Å². The van der Waals surface area contributed by atoms with Gasteiger partial charge in [-0.2, -0.15) is 8.42 Å². The van der Waals surface area contributed by atoms with Crippen LogP contribution in [0.15, 0.2) is 42.5 Å². The van der Waals surface area contributed by atoms with Gasteiger partial charge in [0.15, 0.2) is 0 Å². The summed E-state index contributed by atoms with van der Waals surface area (Å²) in [5.74, 6) is -2.02. The van der Waals surface area contributed by atoms with Crippen molar-refractivity contribution in [1.29, 1.82) is 0 Å². The second kappa shape index (κ2) is 13.2. The molecule has 37 heavy (non-hydrogen) atoms.